The Balaban J connectivity index is 1.88. The molecule has 2 N–H and O–H groups in total. The number of aromatic nitrogens is 1. The molecule has 2 heterocycles. The molecule has 8 heteroatoms. The Hall–Kier alpha value is -2.45. The molecule has 2 aromatic rings. The van der Waals surface area contributed by atoms with Crippen LogP contribution in [0.5, 0.6) is 5.75 Å². The van der Waals surface area contributed by atoms with Gasteiger partial charge in [0, 0.05) is 31.0 Å². The zero-order valence-electron chi connectivity index (χ0n) is 12.8. The molecule has 1 aromatic carbocycles. The fraction of sp³-hybridized carbons (Fsp3) is 0.250. The van der Waals surface area contributed by atoms with E-state index in [4.69, 9.17) is 0 Å². The molecule has 24 heavy (non-hydrogen) atoms. The second kappa shape index (κ2) is 6.58. The summed E-state index contributed by atoms with van der Waals surface area (Å²) >= 11 is 0. The lowest BCUT2D eigenvalue weighted by Crippen LogP contribution is -2.28. The van der Waals surface area contributed by atoms with Gasteiger partial charge in [-0.15, -0.1) is 0 Å². The number of phenols is 1. The SMILES string of the molecule is O=C(Nc1cc(S(=O)(=O)N2CCCC2)ccc1O)c1ccncc1. The molecule has 1 fully saturated rings. The molecule has 0 spiro atoms. The van der Waals surface area contributed by atoms with Crippen LogP contribution >= 0.6 is 0 Å². The van der Waals surface area contributed by atoms with Crippen LogP contribution in [0.2, 0.25) is 0 Å². The summed E-state index contributed by atoms with van der Waals surface area (Å²) in [5.74, 6) is -0.652. The van der Waals surface area contributed by atoms with Crippen LogP contribution in [0.25, 0.3) is 0 Å². The van der Waals surface area contributed by atoms with Gasteiger partial charge in [-0.05, 0) is 43.2 Å². The Morgan fingerprint density at radius 1 is 1.12 bits per heavy atom. The van der Waals surface area contributed by atoms with Gasteiger partial charge in [0.2, 0.25) is 10.0 Å². The number of sulfonamides is 1. The molecule has 1 amide bonds. The number of amides is 1. The number of hydrogen-bond acceptors (Lipinski definition) is 5. The number of rotatable bonds is 4. The first kappa shape index (κ1) is 16.4. The molecule has 3 rings (SSSR count). The minimum atomic E-state index is -3.62. The van der Waals surface area contributed by atoms with Gasteiger partial charge < -0.3 is 10.4 Å². The van der Waals surface area contributed by atoms with E-state index in [1.54, 1.807) is 0 Å². The van der Waals surface area contributed by atoms with Crippen molar-refractivity contribution < 1.29 is 18.3 Å². The fourth-order valence-electron chi connectivity index (χ4n) is 2.55. The molecule has 1 aromatic heterocycles. The summed E-state index contributed by atoms with van der Waals surface area (Å²) in [5.41, 5.74) is 0.411. The third-order valence-corrected chi connectivity index (χ3v) is 5.76. The van der Waals surface area contributed by atoms with Crippen LogP contribution in [0, 0.1) is 0 Å². The van der Waals surface area contributed by atoms with Crippen molar-refractivity contribution in [1.29, 1.82) is 0 Å². The van der Waals surface area contributed by atoms with Crippen molar-refractivity contribution in [2.24, 2.45) is 0 Å². The van der Waals surface area contributed by atoms with Crippen LogP contribution in [0.15, 0.2) is 47.6 Å². The van der Waals surface area contributed by atoms with Gasteiger partial charge in [-0.25, -0.2) is 8.42 Å². The molecule has 0 radical (unpaired) electrons. The summed E-state index contributed by atoms with van der Waals surface area (Å²) in [5, 5.41) is 12.5. The van der Waals surface area contributed by atoms with E-state index in [9.17, 15) is 18.3 Å². The molecule has 0 aliphatic carbocycles. The van der Waals surface area contributed by atoms with Gasteiger partial charge in [0.15, 0.2) is 0 Å². The summed E-state index contributed by atoms with van der Waals surface area (Å²) in [4.78, 5) is 16.1. The summed E-state index contributed by atoms with van der Waals surface area (Å²) < 4.78 is 26.6. The summed E-state index contributed by atoms with van der Waals surface area (Å²) in [6.07, 6.45) is 4.62. The van der Waals surface area contributed by atoms with Gasteiger partial charge in [0.1, 0.15) is 5.75 Å². The number of benzene rings is 1. The number of nitrogens with one attached hydrogen (secondary N) is 1. The Kier molecular flexibility index (Phi) is 4.50. The highest BCUT2D eigenvalue weighted by atomic mass is 32.2. The number of nitrogens with zero attached hydrogens (tertiary/aromatic N) is 2. The van der Waals surface area contributed by atoms with Crippen LogP contribution in [0.4, 0.5) is 5.69 Å². The van der Waals surface area contributed by atoms with Crippen molar-refractivity contribution in [2.45, 2.75) is 17.7 Å². The Morgan fingerprint density at radius 3 is 2.46 bits per heavy atom. The Bertz CT molecular complexity index is 847. The smallest absolute Gasteiger partial charge is 0.255 e. The number of phenolic OH excluding ortho intramolecular Hbond substituents is 1. The standard InChI is InChI=1S/C16H17N3O4S/c20-15-4-3-13(24(22,23)19-9-1-2-10-19)11-14(15)18-16(21)12-5-7-17-8-6-12/h3-8,11,20H,1-2,9-10H2,(H,18,21). The van der Waals surface area contributed by atoms with Crippen molar-refractivity contribution in [1.82, 2.24) is 9.29 Å². The first-order valence-corrected chi connectivity index (χ1v) is 8.97. The van der Waals surface area contributed by atoms with Crippen LogP contribution < -0.4 is 5.32 Å². The van der Waals surface area contributed by atoms with E-state index in [1.807, 2.05) is 0 Å². The van der Waals surface area contributed by atoms with Crippen molar-refractivity contribution in [2.75, 3.05) is 18.4 Å². The number of anilines is 1. The van der Waals surface area contributed by atoms with Crippen molar-refractivity contribution in [3.63, 3.8) is 0 Å². The number of carbonyl (C=O) groups excluding carboxylic acids is 1. The molecule has 0 bridgehead atoms. The molecule has 0 saturated carbocycles. The largest absolute Gasteiger partial charge is 0.506 e. The average molecular weight is 347 g/mol. The molecule has 0 atom stereocenters. The quantitative estimate of drug-likeness (QED) is 0.822. The number of aromatic hydroxyl groups is 1. The van der Waals surface area contributed by atoms with Gasteiger partial charge in [-0.1, -0.05) is 0 Å². The lowest BCUT2D eigenvalue weighted by Gasteiger charge is -2.16. The monoisotopic (exact) mass is 347 g/mol. The molecule has 1 aliphatic rings. The first-order valence-electron chi connectivity index (χ1n) is 7.53. The highest BCUT2D eigenvalue weighted by Gasteiger charge is 2.27. The van der Waals surface area contributed by atoms with Gasteiger partial charge >= 0.3 is 0 Å². The molecular formula is C16H17N3O4S. The maximum atomic E-state index is 12.6. The zero-order chi connectivity index (χ0) is 17.2. The lowest BCUT2D eigenvalue weighted by molar-refractivity contribution is 0.102. The third kappa shape index (κ3) is 3.24. The second-order valence-electron chi connectivity index (χ2n) is 5.48. The number of hydrogen-bond donors (Lipinski definition) is 2. The Morgan fingerprint density at radius 2 is 1.79 bits per heavy atom. The summed E-state index contributed by atoms with van der Waals surface area (Å²) in [7, 11) is -3.62. The predicted molar refractivity (Wildman–Crippen MR) is 88.3 cm³/mol. The minimum Gasteiger partial charge on any atom is -0.506 e. The first-order chi connectivity index (χ1) is 11.5. The van der Waals surface area contributed by atoms with Crippen LogP contribution in [-0.4, -0.2) is 41.8 Å². The molecule has 7 nitrogen and oxygen atoms in total. The molecule has 126 valence electrons. The van der Waals surface area contributed by atoms with Crippen LogP contribution in [0.1, 0.15) is 23.2 Å². The highest BCUT2D eigenvalue weighted by molar-refractivity contribution is 7.89. The van der Waals surface area contributed by atoms with E-state index in [2.05, 4.69) is 10.3 Å². The van der Waals surface area contributed by atoms with E-state index < -0.39 is 15.9 Å². The highest BCUT2D eigenvalue weighted by Crippen LogP contribution is 2.29. The van der Waals surface area contributed by atoms with E-state index in [1.165, 1.54) is 47.0 Å². The molecule has 1 aliphatic heterocycles. The Labute approximate surface area is 140 Å². The third-order valence-electron chi connectivity index (χ3n) is 3.86. The number of pyridine rings is 1. The van der Waals surface area contributed by atoms with Crippen LogP contribution in [0.3, 0.4) is 0 Å². The minimum absolute atomic E-state index is 0.0484. The summed E-state index contributed by atoms with van der Waals surface area (Å²) in [6.45, 7) is 0.976. The zero-order valence-corrected chi connectivity index (χ0v) is 13.7. The van der Waals surface area contributed by atoms with Gasteiger partial charge in [-0.2, -0.15) is 4.31 Å². The van der Waals surface area contributed by atoms with Crippen LogP contribution in [-0.2, 0) is 10.0 Å². The molecule has 0 unspecified atom stereocenters. The van der Waals surface area contributed by atoms with Crippen molar-refractivity contribution in [3.05, 3.63) is 48.3 Å². The summed E-state index contributed by atoms with van der Waals surface area (Å²) in [6, 6.07) is 6.94. The van der Waals surface area contributed by atoms with E-state index >= 15 is 0 Å². The maximum Gasteiger partial charge on any atom is 0.255 e. The van der Waals surface area contributed by atoms with Crippen molar-refractivity contribution >= 4 is 21.6 Å². The number of carbonyl (C=O) groups is 1. The lowest BCUT2D eigenvalue weighted by atomic mass is 10.2. The average Bonchev–Trinajstić information content (AvgIpc) is 3.13. The van der Waals surface area contributed by atoms with E-state index in [-0.39, 0.29) is 16.3 Å². The van der Waals surface area contributed by atoms with Gasteiger partial charge in [-0.3, -0.25) is 9.78 Å². The predicted octanol–water partition coefficient (Wildman–Crippen LogP) is 1.82. The molecule has 1 saturated heterocycles. The second-order valence-corrected chi connectivity index (χ2v) is 7.42. The van der Waals surface area contributed by atoms with Crippen molar-refractivity contribution in [3.8, 4) is 5.75 Å². The fourth-order valence-corrected chi connectivity index (χ4v) is 4.09. The van der Waals surface area contributed by atoms with Gasteiger partial charge in [0.05, 0.1) is 10.6 Å². The van der Waals surface area contributed by atoms with E-state index in [0.29, 0.717) is 18.7 Å². The normalized spacial score (nSPS) is 15.3. The maximum absolute atomic E-state index is 12.6. The molecular weight excluding hydrogens is 330 g/mol. The van der Waals surface area contributed by atoms with Gasteiger partial charge in [0.25, 0.3) is 5.91 Å². The van der Waals surface area contributed by atoms with E-state index in [0.717, 1.165) is 12.8 Å². The topological polar surface area (TPSA) is 99.6 Å².